The van der Waals surface area contributed by atoms with E-state index in [0.717, 1.165) is 19.5 Å². The van der Waals surface area contributed by atoms with Gasteiger partial charge in [-0.25, -0.2) is 0 Å². The molecule has 0 unspecified atom stereocenters. The Morgan fingerprint density at radius 3 is 1.93 bits per heavy atom. The zero-order valence-electron chi connectivity index (χ0n) is 9.41. The first-order valence-electron chi connectivity index (χ1n) is 4.59. The van der Waals surface area contributed by atoms with E-state index in [-0.39, 0.29) is 12.3 Å². The number of ether oxygens (including phenoxy) is 3. The Morgan fingerprint density at radius 2 is 1.79 bits per heavy atom. The molecule has 0 heterocycles. The fourth-order valence-electron chi connectivity index (χ4n) is 0.635. The van der Waals surface area contributed by atoms with Gasteiger partial charge < -0.3 is 14.2 Å². The predicted octanol–water partition coefficient (Wildman–Crippen LogP) is 2.10. The molecule has 0 aliphatic carbocycles. The van der Waals surface area contributed by atoms with Gasteiger partial charge in [0.05, 0.1) is 6.26 Å². The van der Waals surface area contributed by atoms with E-state index in [2.05, 4.69) is 11.3 Å². The van der Waals surface area contributed by atoms with Crippen molar-refractivity contribution >= 4 is 5.97 Å². The second-order valence-electron chi connectivity index (χ2n) is 2.25. The Bertz CT molecular complexity index is 139. The van der Waals surface area contributed by atoms with E-state index in [0.29, 0.717) is 0 Å². The number of hydrogen-bond acceptors (Lipinski definition) is 4. The van der Waals surface area contributed by atoms with Crippen LogP contribution in [-0.2, 0) is 19.0 Å². The van der Waals surface area contributed by atoms with Crippen LogP contribution in [0, 0.1) is 0 Å². The maximum Gasteiger partial charge on any atom is 0.307 e. The summed E-state index contributed by atoms with van der Waals surface area (Å²) in [4.78, 5) is 9.75. The van der Waals surface area contributed by atoms with Crippen LogP contribution >= 0.6 is 0 Å². The van der Waals surface area contributed by atoms with Crippen LogP contribution in [0.5, 0.6) is 0 Å². The SMILES string of the molecule is C=COC(C)=O.CCOC(C)OCC. The second-order valence-corrected chi connectivity index (χ2v) is 2.25. The summed E-state index contributed by atoms with van der Waals surface area (Å²) in [7, 11) is 0. The summed E-state index contributed by atoms with van der Waals surface area (Å²) in [6.07, 6.45) is 1.06. The molecule has 0 bridgehead atoms. The van der Waals surface area contributed by atoms with E-state index < -0.39 is 0 Å². The molecule has 0 spiro atoms. The van der Waals surface area contributed by atoms with Gasteiger partial charge in [-0.1, -0.05) is 6.58 Å². The van der Waals surface area contributed by atoms with Gasteiger partial charge in [-0.3, -0.25) is 4.79 Å². The average Bonchev–Trinajstić information content (AvgIpc) is 2.05. The van der Waals surface area contributed by atoms with Crippen molar-refractivity contribution in [2.75, 3.05) is 13.2 Å². The van der Waals surface area contributed by atoms with Crippen molar-refractivity contribution in [2.45, 2.75) is 34.0 Å². The topological polar surface area (TPSA) is 44.8 Å². The molecule has 0 aromatic carbocycles. The molecule has 0 rings (SSSR count). The third-order valence-corrected chi connectivity index (χ3v) is 1.05. The highest BCUT2D eigenvalue weighted by atomic mass is 16.7. The van der Waals surface area contributed by atoms with Crippen LogP contribution in [0.2, 0.25) is 0 Å². The Kier molecular flexibility index (Phi) is 13.5. The molecule has 0 aliphatic heterocycles. The molecule has 84 valence electrons. The standard InChI is InChI=1S/C6H14O2.C4H6O2/c1-4-7-6(3)8-5-2;1-3-6-4(2)5/h6H,4-5H2,1-3H3;3H,1H2,2H3. The summed E-state index contributed by atoms with van der Waals surface area (Å²) >= 11 is 0. The highest BCUT2D eigenvalue weighted by Crippen LogP contribution is 1.90. The van der Waals surface area contributed by atoms with Gasteiger partial charge in [0, 0.05) is 20.1 Å². The summed E-state index contributed by atoms with van der Waals surface area (Å²) in [6.45, 7) is 11.7. The molecule has 0 aromatic heterocycles. The minimum absolute atomic E-state index is 0.0370. The number of hydrogen-bond donors (Lipinski definition) is 0. The molecule has 0 N–H and O–H groups in total. The molecular weight excluding hydrogens is 184 g/mol. The molecule has 0 radical (unpaired) electrons. The summed E-state index contributed by atoms with van der Waals surface area (Å²) < 4.78 is 14.3. The lowest BCUT2D eigenvalue weighted by atomic mass is 10.7. The first-order chi connectivity index (χ1) is 6.58. The van der Waals surface area contributed by atoms with Crippen LogP contribution < -0.4 is 0 Å². The van der Waals surface area contributed by atoms with E-state index in [4.69, 9.17) is 9.47 Å². The molecule has 0 aliphatic rings. The van der Waals surface area contributed by atoms with Gasteiger partial charge in [-0.05, 0) is 20.8 Å². The molecule has 0 amide bonds. The van der Waals surface area contributed by atoms with Gasteiger partial charge in [-0.2, -0.15) is 0 Å². The van der Waals surface area contributed by atoms with E-state index >= 15 is 0 Å². The minimum Gasteiger partial charge on any atom is -0.435 e. The normalized spacial score (nSPS) is 8.93. The van der Waals surface area contributed by atoms with Crippen LogP contribution in [0.25, 0.3) is 0 Å². The minimum atomic E-state index is -0.329. The number of esters is 1. The fraction of sp³-hybridized carbons (Fsp3) is 0.700. The lowest BCUT2D eigenvalue weighted by Crippen LogP contribution is -2.11. The summed E-state index contributed by atoms with van der Waals surface area (Å²) in [5.41, 5.74) is 0. The highest BCUT2D eigenvalue weighted by Gasteiger charge is 1.94. The van der Waals surface area contributed by atoms with Crippen molar-refractivity contribution in [2.24, 2.45) is 0 Å². The van der Waals surface area contributed by atoms with Crippen molar-refractivity contribution in [1.29, 1.82) is 0 Å². The Balaban J connectivity index is 0. The van der Waals surface area contributed by atoms with Crippen LogP contribution in [0.15, 0.2) is 12.8 Å². The highest BCUT2D eigenvalue weighted by molar-refractivity contribution is 5.66. The molecule has 4 nitrogen and oxygen atoms in total. The molecule has 0 saturated heterocycles. The summed E-state index contributed by atoms with van der Waals surface area (Å²) in [5.74, 6) is -0.329. The van der Waals surface area contributed by atoms with E-state index in [9.17, 15) is 4.79 Å². The van der Waals surface area contributed by atoms with E-state index in [1.54, 1.807) is 0 Å². The number of rotatable bonds is 5. The lowest BCUT2D eigenvalue weighted by Gasteiger charge is -2.09. The van der Waals surface area contributed by atoms with E-state index in [1.165, 1.54) is 6.92 Å². The van der Waals surface area contributed by atoms with Crippen molar-refractivity contribution < 1.29 is 19.0 Å². The lowest BCUT2D eigenvalue weighted by molar-refractivity contribution is -0.135. The van der Waals surface area contributed by atoms with Crippen molar-refractivity contribution in [3.05, 3.63) is 12.8 Å². The van der Waals surface area contributed by atoms with Crippen LogP contribution in [0.1, 0.15) is 27.7 Å². The monoisotopic (exact) mass is 204 g/mol. The summed E-state index contributed by atoms with van der Waals surface area (Å²) in [5, 5.41) is 0. The first-order valence-corrected chi connectivity index (χ1v) is 4.59. The molecule has 4 heteroatoms. The third kappa shape index (κ3) is 17.3. The molecule has 0 fully saturated rings. The van der Waals surface area contributed by atoms with Gasteiger partial charge in [0.15, 0.2) is 6.29 Å². The maximum absolute atomic E-state index is 9.75. The molecule has 0 saturated carbocycles. The Morgan fingerprint density at radius 1 is 1.36 bits per heavy atom. The van der Waals surface area contributed by atoms with Gasteiger partial charge >= 0.3 is 5.97 Å². The molecular formula is C10H20O4. The van der Waals surface area contributed by atoms with Gasteiger partial charge in [0.25, 0.3) is 0 Å². The molecule has 0 aromatic rings. The molecule has 14 heavy (non-hydrogen) atoms. The largest absolute Gasteiger partial charge is 0.435 e. The van der Waals surface area contributed by atoms with Crippen molar-refractivity contribution in [1.82, 2.24) is 0 Å². The third-order valence-electron chi connectivity index (χ3n) is 1.05. The van der Waals surface area contributed by atoms with Crippen LogP contribution in [0.4, 0.5) is 0 Å². The quantitative estimate of drug-likeness (QED) is 0.391. The van der Waals surface area contributed by atoms with Gasteiger partial charge in [0.1, 0.15) is 0 Å². The Labute approximate surface area is 85.8 Å². The average molecular weight is 204 g/mol. The number of carbonyl (C=O) groups is 1. The van der Waals surface area contributed by atoms with Crippen LogP contribution in [0.3, 0.4) is 0 Å². The van der Waals surface area contributed by atoms with E-state index in [1.807, 2.05) is 20.8 Å². The zero-order valence-corrected chi connectivity index (χ0v) is 9.41. The predicted molar refractivity (Wildman–Crippen MR) is 54.7 cm³/mol. The maximum atomic E-state index is 9.75. The van der Waals surface area contributed by atoms with Gasteiger partial charge in [-0.15, -0.1) is 0 Å². The second kappa shape index (κ2) is 12.1. The zero-order chi connectivity index (χ0) is 11.4. The fourth-order valence-corrected chi connectivity index (χ4v) is 0.635. The van der Waals surface area contributed by atoms with Crippen LogP contribution in [-0.4, -0.2) is 25.5 Å². The number of carbonyl (C=O) groups excluding carboxylic acids is 1. The van der Waals surface area contributed by atoms with Crippen molar-refractivity contribution in [3.63, 3.8) is 0 Å². The summed E-state index contributed by atoms with van der Waals surface area (Å²) in [6, 6.07) is 0. The first kappa shape index (κ1) is 15.6. The Hall–Kier alpha value is -0.870. The van der Waals surface area contributed by atoms with Gasteiger partial charge in [0.2, 0.25) is 0 Å². The smallest absolute Gasteiger partial charge is 0.307 e. The van der Waals surface area contributed by atoms with Crippen molar-refractivity contribution in [3.8, 4) is 0 Å². The molecule has 0 atom stereocenters.